The standard InChI is InChI=1S/C16H19N3O4/c1-16(2,3)23-15(21)22-14(20)12-8-9-18-13(19-12)10-4-6-11(17)7-5-10/h4-9,13,19H,17H2,1-3H3. The van der Waals surface area contributed by atoms with E-state index in [-0.39, 0.29) is 5.70 Å². The summed E-state index contributed by atoms with van der Waals surface area (Å²) in [6.07, 6.45) is 1.41. The molecule has 0 aliphatic carbocycles. The van der Waals surface area contributed by atoms with Gasteiger partial charge in [-0.1, -0.05) is 12.1 Å². The van der Waals surface area contributed by atoms with Crippen molar-refractivity contribution in [3.05, 3.63) is 41.6 Å². The molecule has 0 saturated heterocycles. The zero-order valence-corrected chi connectivity index (χ0v) is 13.2. The highest BCUT2D eigenvalue weighted by molar-refractivity contribution is 5.98. The number of ether oxygens (including phenoxy) is 2. The van der Waals surface area contributed by atoms with E-state index in [0.29, 0.717) is 5.69 Å². The third-order valence-corrected chi connectivity index (χ3v) is 2.81. The molecule has 122 valence electrons. The molecule has 1 aliphatic heterocycles. The lowest BCUT2D eigenvalue weighted by molar-refractivity contribution is -0.137. The molecule has 1 aromatic carbocycles. The van der Waals surface area contributed by atoms with Crippen LogP contribution in [0.2, 0.25) is 0 Å². The topological polar surface area (TPSA) is 103 Å². The van der Waals surface area contributed by atoms with Crippen molar-refractivity contribution >= 4 is 24.0 Å². The van der Waals surface area contributed by atoms with Crippen LogP contribution in [0.1, 0.15) is 32.5 Å². The van der Waals surface area contributed by atoms with E-state index in [1.807, 2.05) is 0 Å². The molecule has 1 aromatic rings. The third kappa shape index (κ3) is 4.84. The van der Waals surface area contributed by atoms with Crippen molar-refractivity contribution in [2.75, 3.05) is 5.73 Å². The van der Waals surface area contributed by atoms with Gasteiger partial charge >= 0.3 is 12.1 Å². The van der Waals surface area contributed by atoms with Gasteiger partial charge in [0.05, 0.1) is 0 Å². The number of nitrogens with zero attached hydrogens (tertiary/aromatic N) is 1. The summed E-state index contributed by atoms with van der Waals surface area (Å²) in [5.41, 5.74) is 6.48. The minimum absolute atomic E-state index is 0.118. The molecule has 7 nitrogen and oxygen atoms in total. The van der Waals surface area contributed by atoms with Crippen LogP contribution in [0.15, 0.2) is 41.0 Å². The Kier molecular flexibility index (Phi) is 4.68. The van der Waals surface area contributed by atoms with E-state index in [9.17, 15) is 9.59 Å². The van der Waals surface area contributed by atoms with Gasteiger partial charge in [0.25, 0.3) is 0 Å². The Labute approximate surface area is 134 Å². The third-order valence-electron chi connectivity index (χ3n) is 2.81. The number of rotatable bonds is 2. The molecule has 2 rings (SSSR count). The lowest BCUT2D eigenvalue weighted by atomic mass is 10.1. The zero-order chi connectivity index (χ0) is 17.0. The summed E-state index contributed by atoms with van der Waals surface area (Å²) in [5, 5.41) is 2.90. The van der Waals surface area contributed by atoms with Crippen LogP contribution >= 0.6 is 0 Å². The number of aliphatic imine (C=N–C) groups is 1. The van der Waals surface area contributed by atoms with Crippen LogP contribution in [-0.4, -0.2) is 23.9 Å². The summed E-state index contributed by atoms with van der Waals surface area (Å²) in [5.74, 6) is -0.828. The number of allylic oxidation sites excluding steroid dienone is 1. The first kappa shape index (κ1) is 16.5. The average Bonchev–Trinajstić information content (AvgIpc) is 2.46. The molecule has 0 aromatic heterocycles. The molecule has 1 heterocycles. The fourth-order valence-corrected chi connectivity index (χ4v) is 1.81. The van der Waals surface area contributed by atoms with Crippen molar-refractivity contribution < 1.29 is 19.1 Å². The summed E-state index contributed by atoms with van der Waals surface area (Å²) in [4.78, 5) is 27.7. The predicted octanol–water partition coefficient (Wildman–Crippen LogP) is 2.30. The van der Waals surface area contributed by atoms with Crippen LogP contribution in [0.4, 0.5) is 10.5 Å². The van der Waals surface area contributed by atoms with E-state index in [4.69, 9.17) is 10.5 Å². The largest absolute Gasteiger partial charge is 0.516 e. The van der Waals surface area contributed by atoms with Gasteiger partial charge in [-0.3, -0.25) is 4.99 Å². The Hall–Kier alpha value is -2.83. The fourth-order valence-electron chi connectivity index (χ4n) is 1.81. The molecule has 23 heavy (non-hydrogen) atoms. The first-order valence-corrected chi connectivity index (χ1v) is 7.05. The number of nitrogens with one attached hydrogen (secondary N) is 1. The number of carbonyl (C=O) groups is 2. The Morgan fingerprint density at radius 3 is 2.48 bits per heavy atom. The first-order chi connectivity index (χ1) is 10.7. The lowest BCUT2D eigenvalue weighted by Gasteiger charge is -2.21. The Morgan fingerprint density at radius 2 is 1.87 bits per heavy atom. The van der Waals surface area contributed by atoms with Crippen molar-refractivity contribution in [1.29, 1.82) is 0 Å². The molecular formula is C16H19N3O4. The maximum absolute atomic E-state index is 12.0. The second kappa shape index (κ2) is 6.51. The normalized spacial score (nSPS) is 17.0. The highest BCUT2D eigenvalue weighted by atomic mass is 16.7. The van der Waals surface area contributed by atoms with Crippen LogP contribution in [0.5, 0.6) is 0 Å². The molecule has 0 radical (unpaired) electrons. The fraction of sp³-hybridized carbons (Fsp3) is 0.312. The number of carbonyl (C=O) groups excluding carboxylic acids is 2. The molecule has 0 spiro atoms. The van der Waals surface area contributed by atoms with Gasteiger partial charge in [-0.15, -0.1) is 0 Å². The van der Waals surface area contributed by atoms with Crippen LogP contribution in [-0.2, 0) is 14.3 Å². The number of nitrogens with two attached hydrogens (primary N) is 1. The minimum atomic E-state index is -1.04. The molecule has 1 unspecified atom stereocenters. The number of esters is 1. The van der Waals surface area contributed by atoms with Gasteiger partial charge in [0.2, 0.25) is 0 Å². The maximum Gasteiger partial charge on any atom is 0.516 e. The molecule has 7 heteroatoms. The summed E-state index contributed by atoms with van der Waals surface area (Å²) in [6.45, 7) is 5.04. The van der Waals surface area contributed by atoms with E-state index in [2.05, 4.69) is 15.0 Å². The van der Waals surface area contributed by atoms with E-state index < -0.39 is 23.9 Å². The van der Waals surface area contributed by atoms with E-state index in [1.54, 1.807) is 45.0 Å². The molecule has 0 amide bonds. The summed E-state index contributed by atoms with van der Waals surface area (Å²) in [7, 11) is 0. The Bertz CT molecular complexity index is 657. The van der Waals surface area contributed by atoms with Crippen molar-refractivity contribution in [2.24, 2.45) is 4.99 Å². The highest BCUT2D eigenvalue weighted by Gasteiger charge is 2.24. The number of anilines is 1. The first-order valence-electron chi connectivity index (χ1n) is 7.05. The van der Waals surface area contributed by atoms with Gasteiger partial charge in [-0.05, 0) is 44.5 Å². The van der Waals surface area contributed by atoms with Crippen molar-refractivity contribution in [1.82, 2.24) is 5.32 Å². The van der Waals surface area contributed by atoms with Crippen molar-refractivity contribution in [2.45, 2.75) is 32.5 Å². The van der Waals surface area contributed by atoms with Gasteiger partial charge in [0.15, 0.2) is 0 Å². The number of benzene rings is 1. The quantitative estimate of drug-likeness (QED) is 0.493. The number of hydrogen-bond acceptors (Lipinski definition) is 7. The van der Waals surface area contributed by atoms with Crippen molar-refractivity contribution in [3.63, 3.8) is 0 Å². The molecule has 1 atom stereocenters. The van der Waals surface area contributed by atoms with Gasteiger partial charge in [-0.25, -0.2) is 9.59 Å². The smallest absolute Gasteiger partial charge is 0.428 e. The molecule has 1 aliphatic rings. The van der Waals surface area contributed by atoms with Crippen LogP contribution in [0.3, 0.4) is 0 Å². The zero-order valence-electron chi connectivity index (χ0n) is 13.2. The molecule has 3 N–H and O–H groups in total. The maximum atomic E-state index is 12.0. The van der Waals surface area contributed by atoms with Crippen molar-refractivity contribution in [3.8, 4) is 0 Å². The van der Waals surface area contributed by atoms with E-state index in [0.717, 1.165) is 5.56 Å². The van der Waals surface area contributed by atoms with Gasteiger partial charge in [0, 0.05) is 11.9 Å². The Balaban J connectivity index is 1.99. The second-order valence-corrected chi connectivity index (χ2v) is 5.95. The summed E-state index contributed by atoms with van der Waals surface area (Å²) < 4.78 is 9.60. The van der Waals surface area contributed by atoms with Crippen LogP contribution < -0.4 is 11.1 Å². The average molecular weight is 317 g/mol. The lowest BCUT2D eigenvalue weighted by Crippen LogP contribution is -2.31. The second-order valence-electron chi connectivity index (χ2n) is 5.95. The number of hydrogen-bond donors (Lipinski definition) is 2. The SMILES string of the molecule is CC(C)(C)OC(=O)OC(=O)C1=CC=NC(c2ccc(N)cc2)N1. The van der Waals surface area contributed by atoms with Gasteiger partial charge < -0.3 is 20.5 Å². The van der Waals surface area contributed by atoms with E-state index in [1.165, 1.54) is 12.3 Å². The summed E-state index contributed by atoms with van der Waals surface area (Å²) in [6, 6.07) is 7.08. The van der Waals surface area contributed by atoms with Gasteiger partial charge in [-0.2, -0.15) is 0 Å². The molecule has 0 bridgehead atoms. The molecule has 0 fully saturated rings. The van der Waals surface area contributed by atoms with Gasteiger partial charge in [0.1, 0.15) is 17.5 Å². The predicted molar refractivity (Wildman–Crippen MR) is 85.6 cm³/mol. The van der Waals surface area contributed by atoms with Crippen LogP contribution in [0.25, 0.3) is 0 Å². The summed E-state index contributed by atoms with van der Waals surface area (Å²) >= 11 is 0. The number of nitrogen functional groups attached to an aromatic ring is 1. The molecular weight excluding hydrogens is 298 g/mol. The van der Waals surface area contributed by atoms with Crippen LogP contribution in [0, 0.1) is 0 Å². The Morgan fingerprint density at radius 1 is 1.22 bits per heavy atom. The van der Waals surface area contributed by atoms with E-state index >= 15 is 0 Å². The monoisotopic (exact) mass is 317 g/mol. The molecule has 0 saturated carbocycles. The minimum Gasteiger partial charge on any atom is -0.428 e. The highest BCUT2D eigenvalue weighted by Crippen LogP contribution is 2.20.